The van der Waals surface area contributed by atoms with Crippen LogP contribution in [0.25, 0.3) is 5.65 Å². The summed E-state index contributed by atoms with van der Waals surface area (Å²) in [5, 5.41) is 7.69. The van der Waals surface area contributed by atoms with Crippen molar-refractivity contribution in [3.8, 4) is 0 Å². The van der Waals surface area contributed by atoms with E-state index in [1.54, 1.807) is 10.7 Å². The van der Waals surface area contributed by atoms with E-state index in [0.717, 1.165) is 30.9 Å². The normalized spacial score (nSPS) is 10.9. The maximum absolute atomic E-state index is 4.38. The van der Waals surface area contributed by atoms with E-state index in [-0.39, 0.29) is 0 Å². The number of hydrogen-bond acceptors (Lipinski definition) is 3. The Morgan fingerprint density at radius 1 is 1.33 bits per heavy atom. The average molecular weight is 241 g/mol. The highest BCUT2D eigenvalue weighted by Gasteiger charge is 2.00. The number of aromatic amines is 1. The van der Waals surface area contributed by atoms with Crippen molar-refractivity contribution in [3.63, 3.8) is 0 Å². The first-order valence-corrected chi connectivity index (χ1v) is 6.08. The Bertz CT molecular complexity index is 578. The molecule has 0 bridgehead atoms. The number of nitrogens with zero attached hydrogens (tertiary/aromatic N) is 3. The summed E-state index contributed by atoms with van der Waals surface area (Å²) < 4.78 is 1.77. The molecule has 0 aliphatic heterocycles. The molecule has 92 valence electrons. The summed E-state index contributed by atoms with van der Waals surface area (Å²) in [6, 6.07) is 7.95. The van der Waals surface area contributed by atoms with Crippen LogP contribution in [-0.2, 0) is 6.42 Å². The van der Waals surface area contributed by atoms with E-state index in [2.05, 4.69) is 26.4 Å². The Hall–Kier alpha value is -2.30. The van der Waals surface area contributed by atoms with Crippen molar-refractivity contribution in [2.24, 2.45) is 0 Å². The number of rotatable bonds is 5. The van der Waals surface area contributed by atoms with Gasteiger partial charge in [0.15, 0.2) is 11.5 Å². The van der Waals surface area contributed by atoms with Crippen LogP contribution in [0.2, 0.25) is 0 Å². The van der Waals surface area contributed by atoms with E-state index in [0.29, 0.717) is 0 Å². The van der Waals surface area contributed by atoms with E-state index in [9.17, 15) is 0 Å². The molecule has 3 heterocycles. The predicted octanol–water partition coefficient (Wildman–Crippen LogP) is 2.10. The van der Waals surface area contributed by atoms with Crippen molar-refractivity contribution in [3.05, 3.63) is 48.5 Å². The van der Waals surface area contributed by atoms with Gasteiger partial charge < -0.3 is 10.3 Å². The van der Waals surface area contributed by atoms with Gasteiger partial charge in [-0.15, -0.1) is 5.10 Å². The molecule has 0 saturated heterocycles. The Morgan fingerprint density at radius 2 is 2.33 bits per heavy atom. The quantitative estimate of drug-likeness (QED) is 0.672. The maximum Gasteiger partial charge on any atom is 0.157 e. The zero-order chi connectivity index (χ0) is 12.2. The SMILES string of the molecule is c1c[nH]c(CCCNc2cc3ncccn3n2)c1. The maximum atomic E-state index is 4.38. The molecule has 0 fully saturated rings. The highest BCUT2D eigenvalue weighted by molar-refractivity contribution is 5.49. The molecule has 0 amide bonds. The van der Waals surface area contributed by atoms with Gasteiger partial charge in [0.1, 0.15) is 0 Å². The second kappa shape index (κ2) is 4.91. The fourth-order valence-corrected chi connectivity index (χ4v) is 1.93. The van der Waals surface area contributed by atoms with Gasteiger partial charge in [0, 0.05) is 36.9 Å². The van der Waals surface area contributed by atoms with Crippen LogP contribution < -0.4 is 5.32 Å². The number of hydrogen-bond donors (Lipinski definition) is 2. The van der Waals surface area contributed by atoms with E-state index < -0.39 is 0 Å². The van der Waals surface area contributed by atoms with Crippen molar-refractivity contribution in [2.45, 2.75) is 12.8 Å². The Labute approximate surface area is 105 Å². The van der Waals surface area contributed by atoms with Gasteiger partial charge in [-0.2, -0.15) is 0 Å². The minimum Gasteiger partial charge on any atom is -0.369 e. The molecule has 3 rings (SSSR count). The summed E-state index contributed by atoms with van der Waals surface area (Å²) in [6.45, 7) is 0.906. The molecule has 5 nitrogen and oxygen atoms in total. The van der Waals surface area contributed by atoms with Gasteiger partial charge in [-0.05, 0) is 31.0 Å². The smallest absolute Gasteiger partial charge is 0.157 e. The summed E-state index contributed by atoms with van der Waals surface area (Å²) in [6.07, 6.45) is 7.74. The van der Waals surface area contributed by atoms with E-state index in [1.165, 1.54) is 5.69 Å². The predicted molar refractivity (Wildman–Crippen MR) is 70.6 cm³/mol. The van der Waals surface area contributed by atoms with Crippen LogP contribution in [0.4, 0.5) is 5.82 Å². The van der Waals surface area contributed by atoms with E-state index >= 15 is 0 Å². The second-order valence-electron chi connectivity index (χ2n) is 4.18. The summed E-state index contributed by atoms with van der Waals surface area (Å²) in [4.78, 5) is 7.43. The third-order valence-electron chi connectivity index (χ3n) is 2.83. The number of anilines is 1. The molecule has 18 heavy (non-hydrogen) atoms. The first kappa shape index (κ1) is 10.8. The summed E-state index contributed by atoms with van der Waals surface area (Å²) >= 11 is 0. The van der Waals surface area contributed by atoms with Crippen molar-refractivity contribution < 1.29 is 0 Å². The topological polar surface area (TPSA) is 58.0 Å². The Kier molecular flexibility index (Phi) is 2.96. The van der Waals surface area contributed by atoms with Gasteiger partial charge in [-0.25, -0.2) is 9.50 Å². The number of fused-ring (bicyclic) bond motifs is 1. The molecule has 0 aliphatic carbocycles. The standard InChI is InChI=1S/C13H15N5/c1-4-11(14-6-1)5-2-7-15-12-10-13-16-8-3-9-18(13)17-12/h1,3-4,6,8-10,14H,2,5,7H2,(H,15,17). The lowest BCUT2D eigenvalue weighted by atomic mass is 10.2. The van der Waals surface area contributed by atoms with Crippen LogP contribution in [0.3, 0.4) is 0 Å². The molecule has 3 aromatic heterocycles. The van der Waals surface area contributed by atoms with Crippen LogP contribution >= 0.6 is 0 Å². The van der Waals surface area contributed by atoms with Gasteiger partial charge in [0.2, 0.25) is 0 Å². The molecule has 2 N–H and O–H groups in total. The first-order chi connectivity index (χ1) is 8.92. The first-order valence-electron chi connectivity index (χ1n) is 6.08. The molecule has 0 spiro atoms. The van der Waals surface area contributed by atoms with Crippen molar-refractivity contribution in [1.29, 1.82) is 0 Å². The molecular formula is C13H15N5. The fraction of sp³-hybridized carbons (Fsp3) is 0.231. The highest BCUT2D eigenvalue weighted by atomic mass is 15.3. The Balaban J connectivity index is 1.53. The molecule has 0 aromatic carbocycles. The van der Waals surface area contributed by atoms with Crippen LogP contribution in [0, 0.1) is 0 Å². The molecule has 5 heteroatoms. The van der Waals surface area contributed by atoms with Gasteiger partial charge >= 0.3 is 0 Å². The van der Waals surface area contributed by atoms with Gasteiger partial charge in [0.25, 0.3) is 0 Å². The number of aromatic nitrogens is 4. The van der Waals surface area contributed by atoms with Crippen LogP contribution in [0.1, 0.15) is 12.1 Å². The second-order valence-corrected chi connectivity index (χ2v) is 4.18. The van der Waals surface area contributed by atoms with Gasteiger partial charge in [-0.1, -0.05) is 0 Å². The number of nitrogens with one attached hydrogen (secondary N) is 2. The number of H-pyrrole nitrogens is 1. The van der Waals surface area contributed by atoms with Crippen molar-refractivity contribution in [2.75, 3.05) is 11.9 Å². The summed E-state index contributed by atoms with van der Waals surface area (Å²) in [7, 11) is 0. The van der Waals surface area contributed by atoms with Gasteiger partial charge in [-0.3, -0.25) is 0 Å². The molecule has 0 saturated carbocycles. The lowest BCUT2D eigenvalue weighted by molar-refractivity contribution is 0.834. The average Bonchev–Trinajstić information content (AvgIpc) is 3.03. The third-order valence-corrected chi connectivity index (χ3v) is 2.83. The van der Waals surface area contributed by atoms with Crippen molar-refractivity contribution >= 4 is 11.5 Å². The van der Waals surface area contributed by atoms with Crippen molar-refractivity contribution in [1.82, 2.24) is 19.6 Å². The molecule has 0 atom stereocenters. The minimum absolute atomic E-state index is 0.865. The zero-order valence-corrected chi connectivity index (χ0v) is 10.0. The van der Waals surface area contributed by atoms with Crippen LogP contribution in [-0.4, -0.2) is 26.1 Å². The summed E-state index contributed by atoms with van der Waals surface area (Å²) in [5.41, 5.74) is 2.14. The Morgan fingerprint density at radius 3 is 3.17 bits per heavy atom. The molecule has 0 radical (unpaired) electrons. The lowest BCUT2D eigenvalue weighted by Crippen LogP contribution is -2.03. The fourth-order valence-electron chi connectivity index (χ4n) is 1.93. The van der Waals surface area contributed by atoms with Gasteiger partial charge in [0.05, 0.1) is 0 Å². The molecule has 3 aromatic rings. The van der Waals surface area contributed by atoms with Crippen LogP contribution in [0.5, 0.6) is 0 Å². The van der Waals surface area contributed by atoms with E-state index in [4.69, 9.17) is 0 Å². The minimum atomic E-state index is 0.865. The third kappa shape index (κ3) is 2.34. The van der Waals surface area contributed by atoms with Crippen LogP contribution in [0.15, 0.2) is 42.9 Å². The zero-order valence-electron chi connectivity index (χ0n) is 10.0. The molecule has 0 unspecified atom stereocenters. The van der Waals surface area contributed by atoms with E-state index in [1.807, 2.05) is 30.6 Å². The summed E-state index contributed by atoms with van der Waals surface area (Å²) in [5.74, 6) is 0.875. The lowest BCUT2D eigenvalue weighted by Gasteiger charge is -2.01. The monoisotopic (exact) mass is 241 g/mol. The largest absolute Gasteiger partial charge is 0.369 e. The molecule has 0 aliphatic rings. The number of aryl methyl sites for hydroxylation is 1. The highest BCUT2D eigenvalue weighted by Crippen LogP contribution is 2.08. The molecular weight excluding hydrogens is 226 g/mol.